The van der Waals surface area contributed by atoms with Gasteiger partial charge in [0.1, 0.15) is 5.78 Å². The third-order valence-corrected chi connectivity index (χ3v) is 16.4. The molecule has 0 bridgehead atoms. The van der Waals surface area contributed by atoms with Gasteiger partial charge in [-0.3, -0.25) is 24.4 Å². The third-order valence-electron chi connectivity index (χ3n) is 16.4. The summed E-state index contributed by atoms with van der Waals surface area (Å²) < 4.78 is 24.2. The third kappa shape index (κ3) is 29.9. The van der Waals surface area contributed by atoms with Gasteiger partial charge in [0.25, 0.3) is 5.91 Å². The second-order valence-electron chi connectivity index (χ2n) is 23.5. The van der Waals surface area contributed by atoms with E-state index < -0.39 is 0 Å². The van der Waals surface area contributed by atoms with Crippen LogP contribution in [0.1, 0.15) is 196 Å². The molecule has 7 atom stereocenters. The van der Waals surface area contributed by atoms with Gasteiger partial charge in [-0.05, 0) is 146 Å². The molecule has 2 heterocycles. The second-order valence-corrected chi connectivity index (χ2v) is 23.5. The lowest BCUT2D eigenvalue weighted by Gasteiger charge is -2.38. The maximum absolute atomic E-state index is 13.3. The van der Waals surface area contributed by atoms with Crippen LogP contribution in [0.4, 0.5) is 0 Å². The number of piperidine rings is 1. The van der Waals surface area contributed by atoms with Gasteiger partial charge in [0.2, 0.25) is 5.91 Å². The molecule has 1 aliphatic carbocycles. The number of terminal acetylenes is 1. The molecular formula is C68H109N5O7. The standard InChI is InChI=1S/C68H109N5O7/c1-11-15-41-70-53-71-51-59(50-69-40-13-3)52-72-66(75)36-44-78-45-46-79-60-34-38-68(9,39-35-60)37-33-58(26-12-2)32-31-54(5)47-56(7)57(8)48-64(74)55(6)27-21-18-16-17-19-22-28-61(77-10)49-62-29-25-30-65(80-62)63(14-4)67(76)73-42-23-20-24-43-73/h2,16-19,22,28,47,50-51,53-55,57-58,60-62,65H,4,11,13,15,20-21,23-27,29-46,48-49,52H2,1,3,5-10H3,(H,70,71)(H,72,75)/b18-16+,19-17+,28-22+,56-47+,59-51+,69-50?. The van der Waals surface area contributed by atoms with Gasteiger partial charge < -0.3 is 34.5 Å². The van der Waals surface area contributed by atoms with Crippen LogP contribution in [0.3, 0.4) is 0 Å². The Morgan fingerprint density at radius 3 is 2.40 bits per heavy atom. The van der Waals surface area contributed by atoms with Crippen LogP contribution in [-0.2, 0) is 33.3 Å². The average Bonchev–Trinajstić information content (AvgIpc) is 3.46. The highest BCUT2D eigenvalue weighted by Gasteiger charge is 2.33. The molecule has 1 saturated carbocycles. The van der Waals surface area contributed by atoms with Gasteiger partial charge >= 0.3 is 0 Å². The first kappa shape index (κ1) is 69.6. The highest BCUT2D eigenvalue weighted by molar-refractivity contribution is 5.94. The van der Waals surface area contributed by atoms with Crippen molar-refractivity contribution in [2.75, 3.05) is 59.7 Å². The first-order chi connectivity index (χ1) is 38.7. The number of rotatable bonds is 40. The summed E-state index contributed by atoms with van der Waals surface area (Å²) in [6, 6.07) is 0. The summed E-state index contributed by atoms with van der Waals surface area (Å²) in [6.45, 7) is 24.2. The van der Waals surface area contributed by atoms with E-state index in [0.29, 0.717) is 67.8 Å². The minimum Gasteiger partial charge on any atom is -0.379 e. The number of nitrogens with zero attached hydrogens (tertiary/aromatic N) is 3. The fraction of sp³-hybridized carbons (Fsp3) is 0.706. The molecule has 3 aliphatic rings. The predicted octanol–water partition coefficient (Wildman–Crippen LogP) is 13.8. The van der Waals surface area contributed by atoms with Gasteiger partial charge in [0.05, 0.1) is 56.1 Å². The Hall–Kier alpha value is -4.63. The van der Waals surface area contributed by atoms with Gasteiger partial charge in [-0.15, -0.1) is 18.1 Å². The number of carbonyl (C=O) groups is 3. The minimum atomic E-state index is -0.264. The molecule has 7 unspecified atom stereocenters. The molecule has 12 nitrogen and oxygen atoms in total. The van der Waals surface area contributed by atoms with Crippen molar-refractivity contribution >= 4 is 30.2 Å². The van der Waals surface area contributed by atoms with Crippen molar-refractivity contribution in [3.63, 3.8) is 0 Å². The van der Waals surface area contributed by atoms with Crippen LogP contribution in [-0.4, -0.2) is 119 Å². The lowest BCUT2D eigenvalue weighted by molar-refractivity contribution is -0.131. The Morgan fingerprint density at radius 1 is 0.900 bits per heavy atom. The van der Waals surface area contributed by atoms with E-state index in [-0.39, 0.29) is 48.1 Å². The number of ether oxygens (including phenoxy) is 4. The molecule has 3 rings (SSSR count). The van der Waals surface area contributed by atoms with E-state index in [2.05, 4.69) is 106 Å². The summed E-state index contributed by atoms with van der Waals surface area (Å²) in [5.41, 5.74) is 6.00. The average molecular weight is 1110 g/mol. The van der Waals surface area contributed by atoms with E-state index >= 15 is 0 Å². The van der Waals surface area contributed by atoms with E-state index in [4.69, 9.17) is 25.4 Å². The number of methoxy groups -OCH3 is 1. The molecule has 12 heteroatoms. The summed E-state index contributed by atoms with van der Waals surface area (Å²) in [7, 11) is 1.72. The Labute approximate surface area is 486 Å². The minimum absolute atomic E-state index is 0.00400. The summed E-state index contributed by atoms with van der Waals surface area (Å²) >= 11 is 0. The second kappa shape index (κ2) is 42.2. The molecule has 3 fully saturated rings. The first-order valence-corrected chi connectivity index (χ1v) is 31.2. The Morgan fingerprint density at radius 2 is 1.68 bits per heavy atom. The van der Waals surface area contributed by atoms with Gasteiger partial charge in [0.15, 0.2) is 0 Å². The van der Waals surface area contributed by atoms with Crippen LogP contribution < -0.4 is 10.6 Å². The molecule has 80 heavy (non-hydrogen) atoms. The zero-order valence-electron chi connectivity index (χ0n) is 51.3. The number of Topliss-reactive ketones (excluding diaryl/α,β-unsaturated/α-hetero) is 1. The first-order valence-electron chi connectivity index (χ1n) is 31.2. The highest BCUT2D eigenvalue weighted by atomic mass is 16.5. The predicted molar refractivity (Wildman–Crippen MR) is 332 cm³/mol. The molecule has 2 aliphatic heterocycles. The van der Waals surface area contributed by atoms with Crippen molar-refractivity contribution in [2.24, 2.45) is 39.1 Å². The molecular weight excluding hydrogens is 999 g/mol. The van der Waals surface area contributed by atoms with Crippen LogP contribution in [0, 0.1) is 41.4 Å². The van der Waals surface area contributed by atoms with Crippen molar-refractivity contribution in [3.05, 3.63) is 77.8 Å². The smallest absolute Gasteiger partial charge is 0.260 e. The van der Waals surface area contributed by atoms with Crippen LogP contribution in [0.15, 0.2) is 87.7 Å². The zero-order valence-corrected chi connectivity index (χ0v) is 51.3. The number of likely N-dealkylation sites (tertiary alicyclic amines) is 1. The maximum atomic E-state index is 13.3. The number of amides is 2. The number of allylic oxidation sites excluding steroid dienone is 7. The Kier molecular flexibility index (Phi) is 36.8. The summed E-state index contributed by atoms with van der Waals surface area (Å²) in [5, 5.41) is 6.06. The van der Waals surface area contributed by atoms with Crippen LogP contribution in [0.2, 0.25) is 0 Å². The number of hydrogen-bond acceptors (Lipinski definition) is 9. The van der Waals surface area contributed by atoms with E-state index in [9.17, 15) is 14.4 Å². The molecule has 0 aromatic rings. The molecule has 448 valence electrons. The largest absolute Gasteiger partial charge is 0.379 e. The van der Waals surface area contributed by atoms with Crippen LogP contribution >= 0.6 is 0 Å². The topological polar surface area (TPSA) is 140 Å². The van der Waals surface area contributed by atoms with E-state index in [1.54, 1.807) is 19.7 Å². The summed E-state index contributed by atoms with van der Waals surface area (Å²) in [5.74, 6) is 4.45. The molecule has 2 N–H and O–H groups in total. The summed E-state index contributed by atoms with van der Waals surface area (Å²) in [4.78, 5) is 49.8. The molecule has 2 saturated heterocycles. The van der Waals surface area contributed by atoms with Gasteiger partial charge in [-0.1, -0.05) is 103 Å². The lowest BCUT2D eigenvalue weighted by Crippen LogP contribution is -2.41. The monoisotopic (exact) mass is 1110 g/mol. The molecule has 0 aromatic heterocycles. The SMILES string of the molecule is C#CCC(CCC(C)/C=C(\C)C(C)CC(=O)C(C)CC/C=C/C=C/C=C/C(CC1CCCC(C(=C=C)C(=O)N2CCCCC2)O1)OC)CCC1(C)CCC(OCCOCCC(=O)NC/C(C=NCCC)=C/NC=NCCCC)CC1. The number of carbonyl (C=O) groups excluding carboxylic acids is 3. The molecule has 0 spiro atoms. The molecule has 2 amide bonds. The van der Waals surface area contributed by atoms with Crippen molar-refractivity contribution in [3.8, 4) is 12.3 Å². The van der Waals surface area contributed by atoms with Crippen LogP contribution in [0.25, 0.3) is 0 Å². The Bertz CT molecular complexity index is 2080. The fourth-order valence-electron chi connectivity index (χ4n) is 10.8. The normalized spacial score (nSPS) is 22.4. The van der Waals surface area contributed by atoms with Crippen molar-refractivity contribution < 1.29 is 33.3 Å². The van der Waals surface area contributed by atoms with Crippen molar-refractivity contribution in [1.29, 1.82) is 0 Å². The maximum Gasteiger partial charge on any atom is 0.260 e. The number of hydrogen-bond donors (Lipinski definition) is 2. The number of aliphatic imine (C=N–C) groups is 2. The molecule has 0 radical (unpaired) electrons. The van der Waals surface area contributed by atoms with E-state index in [0.717, 1.165) is 154 Å². The number of unbranched alkanes of at least 4 members (excludes halogenated alkanes) is 1. The number of nitrogens with one attached hydrogen (secondary N) is 2. The van der Waals surface area contributed by atoms with Crippen molar-refractivity contribution in [1.82, 2.24) is 15.5 Å². The lowest BCUT2D eigenvalue weighted by atomic mass is 9.70. The Balaban J connectivity index is 1.28. The fourth-order valence-corrected chi connectivity index (χ4v) is 10.8. The molecule has 0 aromatic carbocycles. The van der Waals surface area contributed by atoms with Gasteiger partial charge in [-0.2, -0.15) is 0 Å². The highest BCUT2D eigenvalue weighted by Crippen LogP contribution is 2.42. The van der Waals surface area contributed by atoms with E-state index in [1.807, 2.05) is 35.4 Å². The van der Waals surface area contributed by atoms with Gasteiger partial charge in [0, 0.05) is 89.4 Å². The quantitative estimate of drug-likeness (QED) is 0.00904. The van der Waals surface area contributed by atoms with E-state index in [1.165, 1.54) is 18.4 Å². The van der Waals surface area contributed by atoms with Crippen LogP contribution in [0.5, 0.6) is 0 Å². The van der Waals surface area contributed by atoms with Crippen molar-refractivity contribution in [2.45, 2.75) is 221 Å². The van der Waals surface area contributed by atoms with Gasteiger partial charge in [-0.25, -0.2) is 0 Å². The zero-order chi connectivity index (χ0) is 58.2. The number of ketones is 1. The summed E-state index contributed by atoms with van der Waals surface area (Å²) in [6.07, 6.45) is 48.0.